The number of carbonyl (C=O) groups excluding carboxylic acids is 2. The molecule has 33 heavy (non-hydrogen) atoms. The van der Waals surface area contributed by atoms with Crippen LogP contribution < -0.4 is 20.1 Å². The summed E-state index contributed by atoms with van der Waals surface area (Å²) in [5.41, 5.74) is 2.30. The van der Waals surface area contributed by atoms with Crippen LogP contribution in [0.25, 0.3) is 5.65 Å². The van der Waals surface area contributed by atoms with Crippen molar-refractivity contribution < 1.29 is 19.1 Å². The van der Waals surface area contributed by atoms with Crippen molar-refractivity contribution in [1.29, 1.82) is 0 Å². The molecule has 0 saturated carbocycles. The number of benzene rings is 2. The number of methoxy groups -OCH3 is 2. The molecule has 0 fully saturated rings. The third-order valence-electron chi connectivity index (χ3n) is 4.67. The Hall–Kier alpha value is -4.05. The largest absolute Gasteiger partial charge is 0.497 e. The topological polar surface area (TPSA) is 107 Å². The maximum absolute atomic E-state index is 12.7. The first kappa shape index (κ1) is 22.2. The summed E-state index contributed by atoms with van der Waals surface area (Å²) in [5, 5.41) is 14.4. The number of thioether (sulfide) groups is 1. The summed E-state index contributed by atoms with van der Waals surface area (Å²) in [6.07, 6.45) is 1.65. The normalized spacial score (nSPS) is 10.6. The smallest absolute Gasteiger partial charge is 0.257 e. The molecule has 0 aliphatic rings. The van der Waals surface area contributed by atoms with E-state index in [1.807, 2.05) is 0 Å². The standard InChI is InChI=1S/C23H21N5O4S/c1-31-18-9-7-16(8-10-18)25-22(30)15-6-11-20-26-27-23(28(20)13-15)33-14-21(29)24-17-4-3-5-19(12-17)32-2/h3-13H,14H2,1-2H3,(H,24,29)(H,25,30). The second-order valence-electron chi connectivity index (χ2n) is 6.88. The summed E-state index contributed by atoms with van der Waals surface area (Å²) < 4.78 is 12.0. The van der Waals surface area contributed by atoms with Gasteiger partial charge in [-0.2, -0.15) is 0 Å². The average molecular weight is 464 g/mol. The Balaban J connectivity index is 1.42. The maximum Gasteiger partial charge on any atom is 0.257 e. The fourth-order valence-electron chi connectivity index (χ4n) is 3.01. The Morgan fingerprint density at radius 1 is 0.909 bits per heavy atom. The summed E-state index contributed by atoms with van der Waals surface area (Å²) in [5.74, 6) is 1.02. The Morgan fingerprint density at radius 2 is 1.70 bits per heavy atom. The molecule has 2 amide bonds. The maximum atomic E-state index is 12.7. The Kier molecular flexibility index (Phi) is 6.75. The number of amides is 2. The fraction of sp³-hybridized carbons (Fsp3) is 0.130. The third kappa shape index (κ3) is 5.42. The molecule has 0 atom stereocenters. The lowest BCUT2D eigenvalue weighted by atomic mass is 10.2. The fourth-order valence-corrected chi connectivity index (χ4v) is 3.72. The first-order valence-electron chi connectivity index (χ1n) is 9.92. The first-order chi connectivity index (χ1) is 16.1. The Labute approximate surface area is 194 Å². The van der Waals surface area contributed by atoms with Gasteiger partial charge in [-0.25, -0.2) is 0 Å². The number of carbonyl (C=O) groups is 2. The van der Waals surface area contributed by atoms with E-state index in [-0.39, 0.29) is 17.6 Å². The number of anilines is 2. The van der Waals surface area contributed by atoms with E-state index >= 15 is 0 Å². The van der Waals surface area contributed by atoms with Gasteiger partial charge in [0, 0.05) is 23.6 Å². The van der Waals surface area contributed by atoms with Crippen molar-refractivity contribution >= 4 is 40.6 Å². The molecule has 2 aromatic carbocycles. The van der Waals surface area contributed by atoms with Crippen LogP contribution in [-0.2, 0) is 4.79 Å². The second kappa shape index (κ2) is 10.0. The number of ether oxygens (including phenoxy) is 2. The monoisotopic (exact) mass is 463 g/mol. The minimum atomic E-state index is -0.275. The van der Waals surface area contributed by atoms with Crippen molar-refractivity contribution in [2.75, 3.05) is 30.6 Å². The minimum Gasteiger partial charge on any atom is -0.497 e. The zero-order valence-electron chi connectivity index (χ0n) is 17.9. The van der Waals surface area contributed by atoms with Crippen molar-refractivity contribution in [3.63, 3.8) is 0 Å². The Bertz CT molecular complexity index is 1290. The first-order valence-corrected chi connectivity index (χ1v) is 10.9. The van der Waals surface area contributed by atoms with Gasteiger partial charge in [-0.1, -0.05) is 17.8 Å². The molecule has 168 valence electrons. The molecule has 0 spiro atoms. The highest BCUT2D eigenvalue weighted by Gasteiger charge is 2.13. The van der Waals surface area contributed by atoms with Crippen LogP contribution in [0.5, 0.6) is 11.5 Å². The minimum absolute atomic E-state index is 0.125. The molecule has 0 radical (unpaired) electrons. The van der Waals surface area contributed by atoms with Crippen molar-refractivity contribution in [3.05, 3.63) is 72.4 Å². The van der Waals surface area contributed by atoms with Gasteiger partial charge in [0.1, 0.15) is 11.5 Å². The predicted octanol–water partition coefficient (Wildman–Crippen LogP) is 3.73. The number of nitrogens with one attached hydrogen (secondary N) is 2. The van der Waals surface area contributed by atoms with Crippen molar-refractivity contribution in [2.24, 2.45) is 0 Å². The van der Waals surface area contributed by atoms with E-state index in [2.05, 4.69) is 20.8 Å². The van der Waals surface area contributed by atoms with Crippen LogP contribution in [0.2, 0.25) is 0 Å². The molecule has 0 bridgehead atoms. The lowest BCUT2D eigenvalue weighted by molar-refractivity contribution is -0.113. The summed E-state index contributed by atoms with van der Waals surface area (Å²) in [6.45, 7) is 0. The van der Waals surface area contributed by atoms with Crippen LogP contribution in [0.15, 0.2) is 72.0 Å². The molecule has 0 aliphatic carbocycles. The van der Waals surface area contributed by atoms with Gasteiger partial charge in [0.2, 0.25) is 5.91 Å². The van der Waals surface area contributed by atoms with E-state index in [1.165, 1.54) is 11.8 Å². The number of rotatable bonds is 8. The van der Waals surface area contributed by atoms with E-state index in [1.54, 1.807) is 85.5 Å². The van der Waals surface area contributed by atoms with Crippen molar-refractivity contribution in [3.8, 4) is 11.5 Å². The van der Waals surface area contributed by atoms with Gasteiger partial charge >= 0.3 is 0 Å². The van der Waals surface area contributed by atoms with E-state index in [9.17, 15) is 9.59 Å². The third-order valence-corrected chi connectivity index (χ3v) is 5.61. The number of pyridine rings is 1. The van der Waals surface area contributed by atoms with E-state index in [4.69, 9.17) is 9.47 Å². The van der Waals surface area contributed by atoms with Gasteiger partial charge in [-0.05, 0) is 48.5 Å². The summed E-state index contributed by atoms with van der Waals surface area (Å²) >= 11 is 1.22. The van der Waals surface area contributed by atoms with Crippen LogP contribution in [0.1, 0.15) is 10.4 Å². The highest BCUT2D eigenvalue weighted by Crippen LogP contribution is 2.21. The summed E-state index contributed by atoms with van der Waals surface area (Å²) in [4.78, 5) is 25.1. The number of aromatic nitrogens is 3. The van der Waals surface area contributed by atoms with Crippen LogP contribution in [0.3, 0.4) is 0 Å². The summed E-state index contributed by atoms with van der Waals surface area (Å²) in [6, 6.07) is 17.6. The lowest BCUT2D eigenvalue weighted by Gasteiger charge is -2.08. The van der Waals surface area contributed by atoms with Crippen LogP contribution >= 0.6 is 11.8 Å². The van der Waals surface area contributed by atoms with E-state index in [0.29, 0.717) is 39.2 Å². The van der Waals surface area contributed by atoms with Crippen LogP contribution in [0, 0.1) is 0 Å². The number of hydrogen-bond acceptors (Lipinski definition) is 7. The predicted molar refractivity (Wildman–Crippen MR) is 126 cm³/mol. The van der Waals surface area contributed by atoms with Crippen molar-refractivity contribution in [2.45, 2.75) is 5.16 Å². The average Bonchev–Trinajstić information content (AvgIpc) is 3.25. The van der Waals surface area contributed by atoms with Gasteiger partial charge in [-0.15, -0.1) is 10.2 Å². The molecule has 0 aliphatic heterocycles. The van der Waals surface area contributed by atoms with Gasteiger partial charge in [0.25, 0.3) is 5.91 Å². The lowest BCUT2D eigenvalue weighted by Crippen LogP contribution is -2.14. The number of fused-ring (bicyclic) bond motifs is 1. The number of hydrogen-bond donors (Lipinski definition) is 2. The quantitative estimate of drug-likeness (QED) is 0.384. The number of nitrogens with zero attached hydrogens (tertiary/aromatic N) is 3. The molecule has 0 saturated heterocycles. The molecule has 2 aromatic heterocycles. The highest BCUT2D eigenvalue weighted by atomic mass is 32.2. The van der Waals surface area contributed by atoms with Gasteiger partial charge in [0.05, 0.1) is 25.5 Å². The molecular formula is C23H21N5O4S. The molecule has 0 unspecified atom stereocenters. The van der Waals surface area contributed by atoms with Crippen LogP contribution in [-0.4, -0.2) is 46.4 Å². The zero-order chi connectivity index (χ0) is 23.2. The zero-order valence-corrected chi connectivity index (χ0v) is 18.8. The Morgan fingerprint density at radius 3 is 2.45 bits per heavy atom. The SMILES string of the molecule is COc1ccc(NC(=O)c2ccc3nnc(SCC(=O)Nc4cccc(OC)c4)n3c2)cc1. The van der Waals surface area contributed by atoms with Gasteiger partial charge < -0.3 is 20.1 Å². The molecule has 2 heterocycles. The second-order valence-corrected chi connectivity index (χ2v) is 7.82. The van der Waals surface area contributed by atoms with Crippen LogP contribution in [0.4, 0.5) is 11.4 Å². The van der Waals surface area contributed by atoms with Gasteiger partial charge in [-0.3, -0.25) is 14.0 Å². The summed E-state index contributed by atoms with van der Waals surface area (Å²) in [7, 11) is 3.15. The van der Waals surface area contributed by atoms with Gasteiger partial charge in [0.15, 0.2) is 10.8 Å². The van der Waals surface area contributed by atoms with Crippen molar-refractivity contribution in [1.82, 2.24) is 14.6 Å². The van der Waals surface area contributed by atoms with E-state index in [0.717, 1.165) is 0 Å². The molecule has 4 rings (SSSR count). The molecule has 10 heteroatoms. The van der Waals surface area contributed by atoms with E-state index < -0.39 is 0 Å². The molecule has 9 nitrogen and oxygen atoms in total. The molecule has 2 N–H and O–H groups in total. The molecule has 4 aromatic rings. The molecular weight excluding hydrogens is 442 g/mol. The highest BCUT2D eigenvalue weighted by molar-refractivity contribution is 7.99.